The van der Waals surface area contributed by atoms with Gasteiger partial charge in [-0.2, -0.15) is 0 Å². The number of rotatable bonds is 3. The Hall–Kier alpha value is -1.77. The maximum atomic E-state index is 12.3. The summed E-state index contributed by atoms with van der Waals surface area (Å²) in [6, 6.07) is 7.70. The molecule has 17 heavy (non-hydrogen) atoms. The van der Waals surface area contributed by atoms with Crippen molar-refractivity contribution >= 4 is 16.5 Å². The van der Waals surface area contributed by atoms with E-state index in [2.05, 4.69) is 13.8 Å². The van der Waals surface area contributed by atoms with Gasteiger partial charge in [0.05, 0.1) is 0 Å². The Labute approximate surface area is 101 Å². The smallest absolute Gasteiger partial charge is 0.258 e. The molecule has 0 atom stereocenters. The molecule has 1 aromatic heterocycles. The third kappa shape index (κ3) is 1.93. The molecule has 0 aliphatic heterocycles. The van der Waals surface area contributed by atoms with E-state index in [1.54, 1.807) is 0 Å². The van der Waals surface area contributed by atoms with Crippen LogP contribution in [0, 0.1) is 0 Å². The summed E-state index contributed by atoms with van der Waals surface area (Å²) in [6.45, 7) is 4.20. The van der Waals surface area contributed by atoms with E-state index in [0.29, 0.717) is 11.1 Å². The van der Waals surface area contributed by atoms with Crippen LogP contribution in [0.15, 0.2) is 35.3 Å². The van der Waals surface area contributed by atoms with E-state index in [1.807, 2.05) is 35.0 Å². The maximum Gasteiger partial charge on any atom is 0.258 e. The molecule has 0 aliphatic carbocycles. The molecule has 1 aromatic carbocycles. The van der Waals surface area contributed by atoms with Crippen molar-refractivity contribution < 1.29 is 0 Å². The summed E-state index contributed by atoms with van der Waals surface area (Å²) in [6.07, 6.45) is 3.78. The first-order chi connectivity index (χ1) is 8.19. The molecule has 3 nitrogen and oxygen atoms in total. The van der Waals surface area contributed by atoms with Crippen LogP contribution in [-0.4, -0.2) is 4.57 Å². The van der Waals surface area contributed by atoms with Crippen molar-refractivity contribution in [3.05, 3.63) is 40.8 Å². The molecular weight excluding hydrogens is 212 g/mol. The van der Waals surface area contributed by atoms with Crippen molar-refractivity contribution in [3.63, 3.8) is 0 Å². The summed E-state index contributed by atoms with van der Waals surface area (Å²) in [5.41, 5.74) is 6.59. The third-order valence-corrected chi connectivity index (χ3v) is 3.34. The molecule has 1 heterocycles. The number of nitrogens with two attached hydrogens (primary N) is 1. The summed E-state index contributed by atoms with van der Waals surface area (Å²) in [5.74, 6) is 0. The Balaban J connectivity index is 2.70. The number of anilines is 1. The van der Waals surface area contributed by atoms with Gasteiger partial charge in [0.15, 0.2) is 0 Å². The van der Waals surface area contributed by atoms with E-state index in [-0.39, 0.29) is 11.6 Å². The minimum Gasteiger partial charge on any atom is -0.398 e. The van der Waals surface area contributed by atoms with Crippen LogP contribution in [0.5, 0.6) is 0 Å². The lowest BCUT2D eigenvalue weighted by molar-refractivity contribution is 0.461. The van der Waals surface area contributed by atoms with E-state index in [4.69, 9.17) is 5.73 Å². The van der Waals surface area contributed by atoms with Gasteiger partial charge < -0.3 is 10.3 Å². The number of nitrogen functional groups attached to an aromatic ring is 1. The van der Waals surface area contributed by atoms with Crippen LogP contribution in [0.25, 0.3) is 10.8 Å². The van der Waals surface area contributed by atoms with Crippen LogP contribution in [0.4, 0.5) is 5.69 Å². The maximum absolute atomic E-state index is 12.3. The Morgan fingerprint density at radius 3 is 2.53 bits per heavy atom. The Morgan fingerprint density at radius 2 is 1.88 bits per heavy atom. The van der Waals surface area contributed by atoms with E-state index in [0.717, 1.165) is 18.2 Å². The average molecular weight is 230 g/mol. The van der Waals surface area contributed by atoms with Crippen molar-refractivity contribution in [2.45, 2.75) is 32.7 Å². The molecule has 0 amide bonds. The van der Waals surface area contributed by atoms with Gasteiger partial charge in [0.2, 0.25) is 0 Å². The largest absolute Gasteiger partial charge is 0.398 e. The second kappa shape index (κ2) is 4.62. The second-order valence-electron chi connectivity index (χ2n) is 4.31. The number of nitrogens with zero attached hydrogens (tertiary/aromatic N) is 1. The summed E-state index contributed by atoms with van der Waals surface area (Å²) in [4.78, 5) is 12.3. The topological polar surface area (TPSA) is 48.0 Å². The zero-order valence-corrected chi connectivity index (χ0v) is 10.3. The number of fused-ring (bicyclic) bond motifs is 1. The molecule has 3 heteroatoms. The summed E-state index contributed by atoms with van der Waals surface area (Å²) >= 11 is 0. The standard InChI is InChI=1S/C14H18N2O/c1-3-10(4-2)16-9-8-11-12(14(16)17)6-5-7-13(11)15/h5-10H,3-4,15H2,1-2H3. The zero-order valence-electron chi connectivity index (χ0n) is 10.3. The molecule has 0 unspecified atom stereocenters. The Morgan fingerprint density at radius 1 is 1.18 bits per heavy atom. The molecule has 0 saturated carbocycles. The molecule has 0 fully saturated rings. The van der Waals surface area contributed by atoms with Gasteiger partial charge in [0, 0.05) is 28.7 Å². The first-order valence-electron chi connectivity index (χ1n) is 6.08. The minimum absolute atomic E-state index is 0.0588. The lowest BCUT2D eigenvalue weighted by Crippen LogP contribution is -2.23. The van der Waals surface area contributed by atoms with Crippen molar-refractivity contribution in [1.29, 1.82) is 0 Å². The van der Waals surface area contributed by atoms with Crippen LogP contribution in [-0.2, 0) is 0 Å². The lowest BCUT2D eigenvalue weighted by Gasteiger charge is -2.17. The van der Waals surface area contributed by atoms with Crippen LogP contribution in [0.1, 0.15) is 32.7 Å². The average Bonchev–Trinajstić information content (AvgIpc) is 2.34. The first kappa shape index (κ1) is 11.7. The molecular formula is C14H18N2O. The van der Waals surface area contributed by atoms with Crippen molar-refractivity contribution in [1.82, 2.24) is 4.57 Å². The quantitative estimate of drug-likeness (QED) is 0.824. The Kier molecular flexibility index (Phi) is 3.18. The van der Waals surface area contributed by atoms with Gasteiger partial charge in [-0.25, -0.2) is 0 Å². The highest BCUT2D eigenvalue weighted by Gasteiger charge is 2.10. The number of hydrogen-bond acceptors (Lipinski definition) is 2. The van der Waals surface area contributed by atoms with Gasteiger partial charge in [-0.05, 0) is 31.0 Å². The van der Waals surface area contributed by atoms with Gasteiger partial charge in [0.25, 0.3) is 5.56 Å². The number of hydrogen-bond donors (Lipinski definition) is 1. The van der Waals surface area contributed by atoms with E-state index in [1.165, 1.54) is 0 Å². The van der Waals surface area contributed by atoms with Crippen LogP contribution >= 0.6 is 0 Å². The van der Waals surface area contributed by atoms with E-state index >= 15 is 0 Å². The summed E-state index contributed by atoms with van der Waals surface area (Å²) in [5, 5.41) is 1.55. The predicted octanol–water partition coefficient (Wildman–Crippen LogP) is 2.94. The molecule has 2 aromatic rings. The predicted molar refractivity (Wildman–Crippen MR) is 72.2 cm³/mol. The molecule has 2 N–H and O–H groups in total. The van der Waals surface area contributed by atoms with Gasteiger partial charge in [-0.3, -0.25) is 4.79 Å². The molecule has 2 rings (SSSR count). The van der Waals surface area contributed by atoms with Crippen molar-refractivity contribution in [3.8, 4) is 0 Å². The monoisotopic (exact) mass is 230 g/mol. The highest BCUT2D eigenvalue weighted by atomic mass is 16.1. The second-order valence-corrected chi connectivity index (χ2v) is 4.31. The van der Waals surface area contributed by atoms with Gasteiger partial charge in [0.1, 0.15) is 0 Å². The molecule has 90 valence electrons. The molecule has 0 bridgehead atoms. The molecule has 0 saturated heterocycles. The van der Waals surface area contributed by atoms with Crippen LogP contribution in [0.3, 0.4) is 0 Å². The number of benzene rings is 1. The zero-order chi connectivity index (χ0) is 12.4. The van der Waals surface area contributed by atoms with Crippen LogP contribution in [0.2, 0.25) is 0 Å². The summed E-state index contributed by atoms with van der Waals surface area (Å²) in [7, 11) is 0. The van der Waals surface area contributed by atoms with Gasteiger partial charge in [-0.15, -0.1) is 0 Å². The molecule has 0 radical (unpaired) electrons. The van der Waals surface area contributed by atoms with Crippen molar-refractivity contribution in [2.75, 3.05) is 5.73 Å². The highest BCUT2D eigenvalue weighted by molar-refractivity contribution is 5.91. The van der Waals surface area contributed by atoms with Crippen molar-refractivity contribution in [2.24, 2.45) is 0 Å². The van der Waals surface area contributed by atoms with E-state index in [9.17, 15) is 4.79 Å². The minimum atomic E-state index is 0.0588. The van der Waals surface area contributed by atoms with E-state index < -0.39 is 0 Å². The lowest BCUT2D eigenvalue weighted by atomic mass is 10.1. The first-order valence-corrected chi connectivity index (χ1v) is 6.08. The highest BCUT2D eigenvalue weighted by Crippen LogP contribution is 2.20. The Bertz CT molecular complexity index is 582. The SMILES string of the molecule is CCC(CC)n1ccc2c(N)cccc2c1=O. The number of aromatic nitrogens is 1. The van der Waals surface area contributed by atoms with Gasteiger partial charge >= 0.3 is 0 Å². The fraction of sp³-hybridized carbons (Fsp3) is 0.357. The fourth-order valence-corrected chi connectivity index (χ4v) is 2.29. The van der Waals surface area contributed by atoms with Gasteiger partial charge in [-0.1, -0.05) is 19.9 Å². The molecule has 0 aliphatic rings. The third-order valence-electron chi connectivity index (χ3n) is 3.34. The summed E-state index contributed by atoms with van der Waals surface area (Å²) < 4.78 is 1.82. The normalized spacial score (nSPS) is 11.2. The number of pyridine rings is 1. The molecule has 0 spiro atoms. The van der Waals surface area contributed by atoms with Crippen LogP contribution < -0.4 is 11.3 Å². The fourth-order valence-electron chi connectivity index (χ4n) is 2.29.